The van der Waals surface area contributed by atoms with Gasteiger partial charge in [-0.05, 0) is 64.4 Å². The number of benzene rings is 2. The van der Waals surface area contributed by atoms with E-state index in [1.807, 2.05) is 30.3 Å². The highest BCUT2D eigenvalue weighted by Crippen LogP contribution is 2.36. The average Bonchev–Trinajstić information content (AvgIpc) is 2.86. The number of aliphatic carboxylic acids is 2. The Morgan fingerprint density at radius 1 is 0.821 bits per heavy atom. The number of hydrogen-bond donors (Lipinski definition) is 3. The van der Waals surface area contributed by atoms with E-state index in [-0.39, 0.29) is 23.4 Å². The highest BCUT2D eigenvalue weighted by Gasteiger charge is 2.24. The van der Waals surface area contributed by atoms with Crippen molar-refractivity contribution >= 4 is 23.9 Å². The maximum atomic E-state index is 12.3. The Morgan fingerprint density at radius 3 is 1.79 bits per heavy atom. The van der Waals surface area contributed by atoms with E-state index >= 15 is 0 Å². The van der Waals surface area contributed by atoms with Crippen molar-refractivity contribution in [3.05, 3.63) is 77.4 Å². The lowest BCUT2D eigenvalue weighted by Gasteiger charge is -2.32. The molecule has 3 N–H and O–H groups in total. The quantitative estimate of drug-likeness (QED) is 0.185. The summed E-state index contributed by atoms with van der Waals surface area (Å²) < 4.78 is 5.70. The minimum atomic E-state index is -1.26. The molecule has 0 radical (unpaired) electrons. The van der Waals surface area contributed by atoms with Crippen LogP contribution in [0.3, 0.4) is 0 Å². The summed E-state index contributed by atoms with van der Waals surface area (Å²) in [7, 11) is 0. The van der Waals surface area contributed by atoms with E-state index in [1.54, 1.807) is 26.0 Å². The van der Waals surface area contributed by atoms with Gasteiger partial charge in [0.05, 0.1) is 11.5 Å². The number of hydrogen-bond acceptors (Lipinski definition) is 6. The van der Waals surface area contributed by atoms with Crippen LogP contribution in [0.4, 0.5) is 0 Å². The number of aromatic carboxylic acids is 1. The molecule has 212 valence electrons. The van der Waals surface area contributed by atoms with E-state index in [1.165, 1.54) is 6.07 Å². The van der Waals surface area contributed by atoms with E-state index < -0.39 is 17.9 Å². The first-order chi connectivity index (χ1) is 18.2. The van der Waals surface area contributed by atoms with Crippen LogP contribution in [0.25, 0.3) is 0 Å². The van der Waals surface area contributed by atoms with Crippen molar-refractivity contribution in [2.24, 2.45) is 5.92 Å². The van der Waals surface area contributed by atoms with Gasteiger partial charge in [-0.2, -0.15) is 0 Å². The van der Waals surface area contributed by atoms with Crippen molar-refractivity contribution < 1.29 is 39.2 Å². The zero-order valence-corrected chi connectivity index (χ0v) is 23.3. The van der Waals surface area contributed by atoms with E-state index in [2.05, 4.69) is 32.6 Å². The molecule has 0 aliphatic heterocycles. The van der Waals surface area contributed by atoms with Crippen molar-refractivity contribution in [2.45, 2.75) is 66.0 Å². The smallest absolute Gasteiger partial charge is 0.335 e. The molecule has 0 heterocycles. The lowest BCUT2D eigenvalue weighted by atomic mass is 9.86. The fourth-order valence-corrected chi connectivity index (χ4v) is 3.99. The van der Waals surface area contributed by atoms with E-state index in [4.69, 9.17) is 14.9 Å². The van der Waals surface area contributed by atoms with E-state index in [0.717, 1.165) is 24.1 Å². The lowest BCUT2D eigenvalue weighted by molar-refractivity contribution is -0.138. The second-order valence-corrected chi connectivity index (χ2v) is 9.82. The number of carboxylic acid groups (broad SMARTS) is 3. The first kappa shape index (κ1) is 33.0. The van der Waals surface area contributed by atoms with Crippen LogP contribution in [0.15, 0.2) is 60.7 Å². The van der Waals surface area contributed by atoms with Crippen molar-refractivity contribution in [3.63, 3.8) is 0 Å². The molecule has 0 spiro atoms. The second-order valence-electron chi connectivity index (χ2n) is 9.82. The molecule has 1 atom stereocenters. The van der Waals surface area contributed by atoms with Gasteiger partial charge in [0, 0.05) is 35.7 Å². The molecule has 0 amide bonds. The zero-order valence-electron chi connectivity index (χ0n) is 23.3. The van der Waals surface area contributed by atoms with Gasteiger partial charge in [-0.1, -0.05) is 44.2 Å². The molecule has 2 aromatic carbocycles. The molecule has 0 saturated heterocycles. The minimum Gasteiger partial charge on any atom is -0.478 e. The van der Waals surface area contributed by atoms with Crippen LogP contribution in [-0.2, 0) is 14.4 Å². The number of carbonyl (C=O) groups excluding carboxylic acids is 1. The summed E-state index contributed by atoms with van der Waals surface area (Å²) in [6.07, 6.45) is 1.89. The van der Waals surface area contributed by atoms with Gasteiger partial charge in [0.2, 0.25) is 0 Å². The summed E-state index contributed by atoms with van der Waals surface area (Å²) in [6.45, 7) is 13.1. The monoisotopic (exact) mass is 541 g/mol. The third-order valence-corrected chi connectivity index (χ3v) is 5.89. The highest BCUT2D eigenvalue weighted by molar-refractivity contribution is 5.89. The number of rotatable bonds is 12. The molecule has 1 unspecified atom stereocenters. The SMILES string of the molecule is CC(C)C(=O)Oc1ccc(C(=O)O)cc1C(CCN(C(C)C)C(C)C)c1ccccc1.O=C(O)/C=C/C(=O)O. The normalized spacial score (nSPS) is 11.9. The molecule has 0 aliphatic rings. The van der Waals surface area contributed by atoms with Crippen LogP contribution in [0.5, 0.6) is 5.75 Å². The van der Waals surface area contributed by atoms with Gasteiger partial charge in [-0.25, -0.2) is 14.4 Å². The number of carboxylic acids is 3. The molecule has 0 fully saturated rings. The van der Waals surface area contributed by atoms with Crippen LogP contribution in [0, 0.1) is 5.92 Å². The van der Waals surface area contributed by atoms with Crippen molar-refractivity contribution in [1.29, 1.82) is 0 Å². The number of ether oxygens (including phenoxy) is 1. The predicted octanol–water partition coefficient (Wildman–Crippen LogP) is 5.30. The van der Waals surface area contributed by atoms with Gasteiger partial charge in [-0.3, -0.25) is 9.69 Å². The van der Waals surface area contributed by atoms with Crippen LogP contribution in [0.2, 0.25) is 0 Å². The Labute approximate surface area is 229 Å². The molecule has 0 saturated carbocycles. The Bertz CT molecular complexity index is 1110. The number of esters is 1. The maximum Gasteiger partial charge on any atom is 0.335 e. The summed E-state index contributed by atoms with van der Waals surface area (Å²) >= 11 is 0. The molecule has 39 heavy (non-hydrogen) atoms. The fraction of sp³-hybridized carbons (Fsp3) is 0.400. The molecular formula is C30H39NO8. The summed E-state index contributed by atoms with van der Waals surface area (Å²) in [5.41, 5.74) is 1.98. The van der Waals surface area contributed by atoms with E-state index in [0.29, 0.717) is 30.0 Å². The number of carbonyl (C=O) groups is 4. The third kappa shape index (κ3) is 11.5. The Balaban J connectivity index is 0.000000824. The van der Waals surface area contributed by atoms with Crippen LogP contribution in [0.1, 0.15) is 75.4 Å². The largest absolute Gasteiger partial charge is 0.478 e. The summed E-state index contributed by atoms with van der Waals surface area (Å²) in [4.78, 5) is 45.5. The highest BCUT2D eigenvalue weighted by atomic mass is 16.5. The third-order valence-electron chi connectivity index (χ3n) is 5.89. The second kappa shape index (κ2) is 16.1. The summed E-state index contributed by atoms with van der Waals surface area (Å²) in [5, 5.41) is 25.2. The Hall–Kier alpha value is -3.98. The Morgan fingerprint density at radius 2 is 1.36 bits per heavy atom. The zero-order chi connectivity index (χ0) is 29.7. The first-order valence-electron chi connectivity index (χ1n) is 12.8. The van der Waals surface area contributed by atoms with Gasteiger partial charge < -0.3 is 20.1 Å². The standard InChI is InChI=1S/C26H35NO4.C4H4O4/c1-17(2)26(30)31-24-13-12-21(25(28)29)16-23(24)22(20-10-8-7-9-11-20)14-15-27(18(3)4)19(5)6;5-3(6)1-2-4(7)8/h7-13,16-19,22H,14-15H2,1-6H3,(H,28,29);1-2H,(H,5,6)(H,7,8)/b;2-1+. The molecule has 0 aromatic heterocycles. The Kier molecular flexibility index (Phi) is 13.6. The summed E-state index contributed by atoms with van der Waals surface area (Å²) in [6, 6.07) is 15.5. The van der Waals surface area contributed by atoms with Crippen molar-refractivity contribution in [3.8, 4) is 5.75 Å². The molecule has 0 bridgehead atoms. The molecular weight excluding hydrogens is 502 g/mol. The average molecular weight is 542 g/mol. The molecule has 9 nitrogen and oxygen atoms in total. The van der Waals surface area contributed by atoms with Gasteiger partial charge in [-0.15, -0.1) is 0 Å². The van der Waals surface area contributed by atoms with Gasteiger partial charge in [0.15, 0.2) is 0 Å². The van der Waals surface area contributed by atoms with Gasteiger partial charge in [0.1, 0.15) is 5.75 Å². The first-order valence-corrected chi connectivity index (χ1v) is 12.8. The van der Waals surface area contributed by atoms with Crippen molar-refractivity contribution in [1.82, 2.24) is 4.90 Å². The van der Waals surface area contributed by atoms with Crippen LogP contribution in [-0.4, -0.2) is 62.7 Å². The lowest BCUT2D eigenvalue weighted by Crippen LogP contribution is -2.38. The van der Waals surface area contributed by atoms with Crippen LogP contribution < -0.4 is 4.74 Å². The maximum absolute atomic E-state index is 12.3. The topological polar surface area (TPSA) is 141 Å². The molecule has 9 heteroatoms. The molecule has 2 aromatic rings. The van der Waals surface area contributed by atoms with Crippen LogP contribution >= 0.6 is 0 Å². The fourth-order valence-electron chi connectivity index (χ4n) is 3.99. The molecule has 0 aliphatic carbocycles. The number of nitrogens with zero attached hydrogens (tertiary/aromatic N) is 1. The van der Waals surface area contributed by atoms with Gasteiger partial charge in [0.25, 0.3) is 0 Å². The van der Waals surface area contributed by atoms with Gasteiger partial charge >= 0.3 is 23.9 Å². The van der Waals surface area contributed by atoms with E-state index in [9.17, 15) is 24.3 Å². The minimum absolute atomic E-state index is 0.101. The summed E-state index contributed by atoms with van der Waals surface area (Å²) in [5.74, 6) is -3.80. The molecule has 2 rings (SSSR count). The van der Waals surface area contributed by atoms with Crippen molar-refractivity contribution in [2.75, 3.05) is 6.54 Å². The predicted molar refractivity (Wildman–Crippen MR) is 148 cm³/mol.